The SMILES string of the molecule is CCN(C(=O)c1ccc(/C=C2/SC(=S)N(C)C2=O)cc1)[C@H]1CCS(=O)(=O)C1. The van der Waals surface area contributed by atoms with E-state index in [9.17, 15) is 18.0 Å². The number of nitrogens with zero attached hydrogens (tertiary/aromatic N) is 2. The topological polar surface area (TPSA) is 74.8 Å². The van der Waals surface area contributed by atoms with Crippen LogP contribution in [0.3, 0.4) is 0 Å². The summed E-state index contributed by atoms with van der Waals surface area (Å²) in [6.45, 7) is 2.31. The second-order valence-corrected chi connectivity index (χ2v) is 10.4. The van der Waals surface area contributed by atoms with Crippen LogP contribution >= 0.6 is 24.0 Å². The van der Waals surface area contributed by atoms with Gasteiger partial charge in [-0.25, -0.2) is 8.42 Å². The molecule has 0 N–H and O–H groups in total. The van der Waals surface area contributed by atoms with Crippen LogP contribution in [-0.2, 0) is 14.6 Å². The zero-order valence-corrected chi connectivity index (χ0v) is 17.5. The predicted octanol–water partition coefficient (Wildman–Crippen LogP) is 2.17. The molecule has 2 amide bonds. The molecule has 0 aliphatic carbocycles. The summed E-state index contributed by atoms with van der Waals surface area (Å²) in [6, 6.07) is 6.68. The maximum Gasteiger partial charge on any atom is 0.265 e. The molecule has 3 rings (SSSR count). The zero-order valence-electron chi connectivity index (χ0n) is 15.0. The fourth-order valence-corrected chi connectivity index (χ4v) is 6.08. The van der Waals surface area contributed by atoms with E-state index in [1.807, 2.05) is 6.92 Å². The van der Waals surface area contributed by atoms with E-state index in [0.717, 1.165) is 5.56 Å². The number of hydrogen-bond donors (Lipinski definition) is 0. The third-order valence-corrected chi connectivity index (χ3v) is 7.93. The Kier molecular flexibility index (Phi) is 5.73. The van der Waals surface area contributed by atoms with Crippen LogP contribution in [0.25, 0.3) is 6.08 Å². The Morgan fingerprint density at radius 3 is 2.52 bits per heavy atom. The average Bonchev–Trinajstić information content (AvgIpc) is 3.10. The van der Waals surface area contributed by atoms with E-state index < -0.39 is 9.84 Å². The van der Waals surface area contributed by atoms with Gasteiger partial charge in [0.15, 0.2) is 9.84 Å². The smallest absolute Gasteiger partial charge is 0.265 e. The van der Waals surface area contributed by atoms with Crippen molar-refractivity contribution in [3.8, 4) is 0 Å². The minimum atomic E-state index is -3.05. The molecule has 144 valence electrons. The summed E-state index contributed by atoms with van der Waals surface area (Å²) in [5.41, 5.74) is 1.30. The minimum Gasteiger partial charge on any atom is -0.335 e. The van der Waals surface area contributed by atoms with Crippen molar-refractivity contribution in [2.24, 2.45) is 0 Å². The molecule has 0 saturated carbocycles. The lowest BCUT2D eigenvalue weighted by Crippen LogP contribution is -2.40. The van der Waals surface area contributed by atoms with Gasteiger partial charge in [-0.2, -0.15) is 0 Å². The lowest BCUT2D eigenvalue weighted by Gasteiger charge is -2.27. The van der Waals surface area contributed by atoms with Gasteiger partial charge in [0.05, 0.1) is 16.4 Å². The lowest BCUT2D eigenvalue weighted by atomic mass is 10.1. The van der Waals surface area contributed by atoms with Crippen molar-refractivity contribution in [1.82, 2.24) is 9.80 Å². The monoisotopic (exact) mass is 424 g/mol. The molecule has 9 heteroatoms. The summed E-state index contributed by atoms with van der Waals surface area (Å²) < 4.78 is 23.9. The molecule has 0 radical (unpaired) electrons. The van der Waals surface area contributed by atoms with Gasteiger partial charge in [-0.3, -0.25) is 14.5 Å². The molecule has 0 bridgehead atoms. The van der Waals surface area contributed by atoms with Crippen LogP contribution < -0.4 is 0 Å². The Bertz CT molecular complexity index is 922. The van der Waals surface area contributed by atoms with Crippen molar-refractivity contribution in [2.75, 3.05) is 25.1 Å². The first-order valence-corrected chi connectivity index (χ1v) is 11.6. The quantitative estimate of drug-likeness (QED) is 0.545. The van der Waals surface area contributed by atoms with Crippen LogP contribution in [0.4, 0.5) is 0 Å². The number of thiocarbonyl (C=S) groups is 1. The molecular weight excluding hydrogens is 404 g/mol. The van der Waals surface area contributed by atoms with E-state index in [1.165, 1.54) is 16.7 Å². The van der Waals surface area contributed by atoms with Gasteiger partial charge >= 0.3 is 0 Å². The first-order valence-electron chi connectivity index (χ1n) is 8.55. The Balaban J connectivity index is 1.76. The first-order chi connectivity index (χ1) is 12.7. The second kappa shape index (κ2) is 7.73. The predicted molar refractivity (Wildman–Crippen MR) is 111 cm³/mol. The maximum atomic E-state index is 12.8. The second-order valence-electron chi connectivity index (χ2n) is 6.51. The van der Waals surface area contributed by atoms with Crippen molar-refractivity contribution in [1.29, 1.82) is 0 Å². The van der Waals surface area contributed by atoms with E-state index in [4.69, 9.17) is 12.2 Å². The van der Waals surface area contributed by atoms with Crippen molar-refractivity contribution in [3.63, 3.8) is 0 Å². The van der Waals surface area contributed by atoms with Crippen LogP contribution in [0, 0.1) is 0 Å². The van der Waals surface area contributed by atoms with Gasteiger partial charge in [0.25, 0.3) is 11.8 Å². The summed E-state index contributed by atoms with van der Waals surface area (Å²) in [4.78, 5) is 28.5. The Hall–Kier alpha value is -1.71. The number of benzene rings is 1. The molecule has 2 aliphatic rings. The molecule has 1 aromatic carbocycles. The minimum absolute atomic E-state index is 0.0313. The molecule has 2 aliphatic heterocycles. The Morgan fingerprint density at radius 2 is 2.04 bits per heavy atom. The van der Waals surface area contributed by atoms with E-state index >= 15 is 0 Å². The average molecular weight is 425 g/mol. The summed E-state index contributed by atoms with van der Waals surface area (Å²) >= 11 is 6.36. The van der Waals surface area contributed by atoms with Crippen molar-refractivity contribution in [2.45, 2.75) is 19.4 Å². The van der Waals surface area contributed by atoms with E-state index in [1.54, 1.807) is 42.3 Å². The number of carbonyl (C=O) groups is 2. The third kappa shape index (κ3) is 4.25. The number of likely N-dealkylation sites (N-methyl/N-ethyl adjacent to an activating group) is 1. The van der Waals surface area contributed by atoms with Gasteiger partial charge in [-0.05, 0) is 37.1 Å². The van der Waals surface area contributed by atoms with Crippen LogP contribution in [-0.4, -0.2) is 65.5 Å². The van der Waals surface area contributed by atoms with Crippen LogP contribution in [0.5, 0.6) is 0 Å². The highest BCUT2D eigenvalue weighted by atomic mass is 32.2. The van der Waals surface area contributed by atoms with Gasteiger partial charge < -0.3 is 4.90 Å². The number of amides is 2. The fraction of sp³-hybridized carbons (Fsp3) is 0.389. The largest absolute Gasteiger partial charge is 0.335 e. The van der Waals surface area contributed by atoms with Crippen LogP contribution in [0.1, 0.15) is 29.3 Å². The number of hydrogen-bond acceptors (Lipinski definition) is 6. The zero-order chi connectivity index (χ0) is 19.8. The van der Waals surface area contributed by atoms with Gasteiger partial charge in [-0.1, -0.05) is 36.1 Å². The molecule has 0 unspecified atom stereocenters. The van der Waals surface area contributed by atoms with Crippen LogP contribution in [0.15, 0.2) is 29.2 Å². The van der Waals surface area contributed by atoms with Crippen LogP contribution in [0.2, 0.25) is 0 Å². The maximum absolute atomic E-state index is 12.8. The lowest BCUT2D eigenvalue weighted by molar-refractivity contribution is -0.121. The highest BCUT2D eigenvalue weighted by molar-refractivity contribution is 8.26. The number of rotatable bonds is 4. The fourth-order valence-electron chi connectivity index (χ4n) is 3.17. The first kappa shape index (κ1) is 20.0. The molecule has 0 spiro atoms. The van der Waals surface area contributed by atoms with E-state index in [0.29, 0.717) is 27.8 Å². The highest BCUT2D eigenvalue weighted by Crippen LogP contribution is 2.31. The molecule has 1 atom stereocenters. The molecule has 2 fully saturated rings. The molecular formula is C18H20N2O4S3. The molecule has 27 heavy (non-hydrogen) atoms. The van der Waals surface area contributed by atoms with Crippen molar-refractivity contribution in [3.05, 3.63) is 40.3 Å². The van der Waals surface area contributed by atoms with Crippen molar-refractivity contribution >= 4 is 56.0 Å². The molecule has 0 aromatic heterocycles. The molecule has 2 saturated heterocycles. The molecule has 6 nitrogen and oxygen atoms in total. The van der Waals surface area contributed by atoms with Gasteiger partial charge in [0, 0.05) is 25.2 Å². The normalized spacial score (nSPS) is 23.3. The molecule has 1 aromatic rings. The summed E-state index contributed by atoms with van der Waals surface area (Å²) in [5.74, 6) is -0.143. The number of thioether (sulfide) groups is 1. The Labute approximate surface area is 168 Å². The van der Waals surface area contributed by atoms with Crippen molar-refractivity contribution < 1.29 is 18.0 Å². The van der Waals surface area contributed by atoms with Gasteiger partial charge in [0.2, 0.25) is 0 Å². The Morgan fingerprint density at radius 1 is 1.37 bits per heavy atom. The summed E-state index contributed by atoms with van der Waals surface area (Å²) in [7, 11) is -1.41. The molecule has 2 heterocycles. The standard InChI is InChI=1S/C18H20N2O4S3/c1-3-20(14-8-9-27(23,24)11-14)16(21)13-6-4-12(5-7-13)10-15-17(22)19(2)18(25)26-15/h4-7,10,14H,3,8-9,11H2,1-2H3/b15-10+/t14-/m0/s1. The highest BCUT2D eigenvalue weighted by Gasteiger charge is 2.34. The van der Waals surface area contributed by atoms with E-state index in [2.05, 4.69) is 0 Å². The third-order valence-electron chi connectivity index (χ3n) is 4.69. The number of carbonyl (C=O) groups excluding carboxylic acids is 2. The van der Waals surface area contributed by atoms with Gasteiger partial charge in [-0.15, -0.1) is 0 Å². The number of sulfone groups is 1. The van der Waals surface area contributed by atoms with E-state index in [-0.39, 0.29) is 29.4 Å². The van der Waals surface area contributed by atoms with Gasteiger partial charge in [0.1, 0.15) is 4.32 Å². The summed E-state index contributed by atoms with van der Waals surface area (Å²) in [6.07, 6.45) is 2.23. The summed E-state index contributed by atoms with van der Waals surface area (Å²) in [5, 5.41) is 0.